The highest BCUT2D eigenvalue weighted by Crippen LogP contribution is 2.65. The van der Waals surface area contributed by atoms with Crippen LogP contribution in [0, 0.1) is 11.3 Å². The fourth-order valence-corrected chi connectivity index (χ4v) is 2.90. The fraction of sp³-hybridized carbons (Fsp3) is 0.800. The Balaban J connectivity index is 2.35. The maximum atomic E-state index is 8.93. The number of hydrogen-bond donors (Lipinski definition) is 1. The molecule has 2 bridgehead atoms. The van der Waals surface area contributed by atoms with E-state index in [1.807, 2.05) is 0 Å². The van der Waals surface area contributed by atoms with Gasteiger partial charge in [-0.1, -0.05) is 20.4 Å². The molecule has 0 radical (unpaired) electrons. The third-order valence-electron chi connectivity index (χ3n) is 4.12. The lowest BCUT2D eigenvalue weighted by Gasteiger charge is -2.63. The summed E-state index contributed by atoms with van der Waals surface area (Å²) in [7, 11) is 0. The van der Waals surface area contributed by atoms with Crippen molar-refractivity contribution in [3.05, 3.63) is 12.2 Å². The van der Waals surface area contributed by atoms with Crippen LogP contribution in [0.25, 0.3) is 0 Å². The molecule has 68 valence electrons. The van der Waals surface area contributed by atoms with Crippen LogP contribution < -0.4 is 0 Å². The van der Waals surface area contributed by atoms with Gasteiger partial charge in [0.2, 0.25) is 0 Å². The zero-order valence-electron chi connectivity index (χ0n) is 7.76. The summed E-state index contributed by atoms with van der Waals surface area (Å²) in [4.78, 5) is 4.67. The first kappa shape index (κ1) is 8.27. The lowest BCUT2D eigenvalue weighted by atomic mass is 9.44. The molecule has 0 aromatic rings. The summed E-state index contributed by atoms with van der Waals surface area (Å²) in [5.74, 6) is 0.704. The van der Waals surface area contributed by atoms with E-state index >= 15 is 0 Å². The van der Waals surface area contributed by atoms with E-state index in [2.05, 4.69) is 25.3 Å². The van der Waals surface area contributed by atoms with E-state index < -0.39 is 5.60 Å². The Morgan fingerprint density at radius 3 is 2.58 bits per heavy atom. The predicted octanol–water partition coefficient (Wildman–Crippen LogP) is 2.61. The summed E-state index contributed by atoms with van der Waals surface area (Å²) in [6.45, 7) is 8.30. The Morgan fingerprint density at radius 1 is 1.58 bits per heavy atom. The van der Waals surface area contributed by atoms with Gasteiger partial charge in [0.15, 0.2) is 0 Å². The minimum absolute atomic E-state index is 0.0804. The van der Waals surface area contributed by atoms with Crippen molar-refractivity contribution in [3.63, 3.8) is 0 Å². The second kappa shape index (κ2) is 2.12. The molecule has 3 aliphatic carbocycles. The number of hydrogen-bond acceptors (Lipinski definition) is 2. The maximum absolute atomic E-state index is 8.93. The topological polar surface area (TPSA) is 29.5 Å². The normalized spacial score (nSPS) is 43.9. The van der Waals surface area contributed by atoms with Crippen molar-refractivity contribution in [3.8, 4) is 0 Å². The van der Waals surface area contributed by atoms with Crippen molar-refractivity contribution in [1.82, 2.24) is 0 Å². The van der Waals surface area contributed by atoms with E-state index in [0.717, 1.165) is 18.4 Å². The van der Waals surface area contributed by atoms with Gasteiger partial charge in [-0.15, -0.1) is 0 Å². The molecule has 0 heterocycles. The van der Waals surface area contributed by atoms with Crippen LogP contribution in [0.2, 0.25) is 0 Å². The Hall–Kier alpha value is -0.340. The minimum Gasteiger partial charge on any atom is -0.251 e. The first-order valence-corrected chi connectivity index (χ1v) is 4.55. The molecule has 12 heavy (non-hydrogen) atoms. The maximum Gasteiger partial charge on any atom is 0.130 e. The van der Waals surface area contributed by atoms with Crippen LogP contribution in [-0.4, -0.2) is 10.9 Å². The number of fused-ring (bicyclic) bond motifs is 2. The van der Waals surface area contributed by atoms with Gasteiger partial charge in [0.25, 0.3) is 0 Å². The zero-order chi connectivity index (χ0) is 8.98. The van der Waals surface area contributed by atoms with Gasteiger partial charge < -0.3 is 0 Å². The minimum atomic E-state index is -0.421. The molecule has 3 fully saturated rings. The molecular formula is C10H16O2. The van der Waals surface area contributed by atoms with Crippen molar-refractivity contribution in [2.45, 2.75) is 38.7 Å². The first-order valence-electron chi connectivity index (χ1n) is 4.55. The molecule has 3 rings (SSSR count). The second-order valence-corrected chi connectivity index (χ2v) is 4.68. The van der Waals surface area contributed by atoms with E-state index in [0.29, 0.717) is 5.92 Å². The molecule has 0 saturated heterocycles. The molecule has 2 unspecified atom stereocenters. The molecule has 3 saturated carbocycles. The van der Waals surface area contributed by atoms with Crippen LogP contribution in [0.15, 0.2) is 12.2 Å². The third-order valence-corrected chi connectivity index (χ3v) is 4.12. The summed E-state index contributed by atoms with van der Waals surface area (Å²) >= 11 is 0. The molecular weight excluding hydrogens is 152 g/mol. The Labute approximate surface area is 73.2 Å². The molecule has 0 aromatic carbocycles. The summed E-state index contributed by atoms with van der Waals surface area (Å²) in [6, 6.07) is 0. The van der Waals surface area contributed by atoms with Crippen molar-refractivity contribution >= 4 is 0 Å². The van der Waals surface area contributed by atoms with Gasteiger partial charge in [0.1, 0.15) is 5.60 Å². The predicted molar refractivity (Wildman–Crippen MR) is 46.7 cm³/mol. The monoisotopic (exact) mass is 168 g/mol. The summed E-state index contributed by atoms with van der Waals surface area (Å²) in [5.41, 5.74) is 0.727. The molecule has 0 amide bonds. The van der Waals surface area contributed by atoms with E-state index in [-0.39, 0.29) is 5.41 Å². The van der Waals surface area contributed by atoms with E-state index in [9.17, 15) is 0 Å². The third kappa shape index (κ3) is 0.639. The van der Waals surface area contributed by atoms with Gasteiger partial charge in [-0.05, 0) is 30.8 Å². The smallest absolute Gasteiger partial charge is 0.130 e. The largest absolute Gasteiger partial charge is 0.251 e. The van der Waals surface area contributed by atoms with Crippen molar-refractivity contribution < 1.29 is 10.1 Å². The van der Waals surface area contributed by atoms with Crippen LogP contribution in [0.4, 0.5) is 0 Å². The standard InChI is InChI=1S/C10H16O2/c1-7-4-5-8-6-10(7,12-11)9(8,2)3/h8,11H,1,4-6H2,2-3H3. The van der Waals surface area contributed by atoms with E-state index in [4.69, 9.17) is 5.26 Å². The van der Waals surface area contributed by atoms with Crippen molar-refractivity contribution in [1.29, 1.82) is 0 Å². The van der Waals surface area contributed by atoms with Gasteiger partial charge in [0, 0.05) is 5.41 Å². The van der Waals surface area contributed by atoms with Crippen LogP contribution in [0.5, 0.6) is 0 Å². The summed E-state index contributed by atoms with van der Waals surface area (Å²) < 4.78 is 0. The van der Waals surface area contributed by atoms with Crippen LogP contribution in [0.1, 0.15) is 33.1 Å². The van der Waals surface area contributed by atoms with Gasteiger partial charge in [-0.3, -0.25) is 5.26 Å². The molecule has 0 spiro atoms. The average Bonchev–Trinajstić information content (AvgIpc) is 2.04. The SMILES string of the molecule is C=C1CCC2CC1(OO)C2(C)C. The fourth-order valence-electron chi connectivity index (χ4n) is 2.90. The van der Waals surface area contributed by atoms with Gasteiger partial charge in [0.05, 0.1) is 0 Å². The molecule has 2 heteroatoms. The highest BCUT2D eigenvalue weighted by molar-refractivity contribution is 5.30. The van der Waals surface area contributed by atoms with Gasteiger partial charge in [-0.2, -0.15) is 0 Å². The molecule has 2 nitrogen and oxygen atoms in total. The van der Waals surface area contributed by atoms with Crippen LogP contribution >= 0.6 is 0 Å². The molecule has 1 N–H and O–H groups in total. The van der Waals surface area contributed by atoms with Gasteiger partial charge in [-0.25, -0.2) is 4.89 Å². The van der Waals surface area contributed by atoms with Crippen LogP contribution in [0.3, 0.4) is 0 Å². The Morgan fingerprint density at radius 2 is 2.25 bits per heavy atom. The second-order valence-electron chi connectivity index (χ2n) is 4.68. The molecule has 0 aliphatic heterocycles. The molecule has 2 atom stereocenters. The number of rotatable bonds is 1. The quantitative estimate of drug-likeness (QED) is 0.370. The lowest BCUT2D eigenvalue weighted by molar-refractivity contribution is -0.386. The lowest BCUT2D eigenvalue weighted by Crippen LogP contribution is -2.65. The average molecular weight is 168 g/mol. The first-order chi connectivity index (χ1) is 5.54. The molecule has 0 aromatic heterocycles. The van der Waals surface area contributed by atoms with Crippen molar-refractivity contribution in [2.75, 3.05) is 0 Å². The van der Waals surface area contributed by atoms with Gasteiger partial charge >= 0.3 is 0 Å². The molecule has 3 aliphatic rings. The summed E-state index contributed by atoms with van der Waals surface area (Å²) in [5, 5.41) is 8.93. The van der Waals surface area contributed by atoms with Crippen LogP contribution in [-0.2, 0) is 4.89 Å². The summed E-state index contributed by atoms with van der Waals surface area (Å²) in [6.07, 6.45) is 3.17. The Bertz CT molecular complexity index is 232. The van der Waals surface area contributed by atoms with Crippen molar-refractivity contribution in [2.24, 2.45) is 11.3 Å². The highest BCUT2D eigenvalue weighted by atomic mass is 17.1. The van der Waals surface area contributed by atoms with E-state index in [1.54, 1.807) is 0 Å². The highest BCUT2D eigenvalue weighted by Gasteiger charge is 2.65. The zero-order valence-corrected chi connectivity index (χ0v) is 7.76. The Kier molecular flexibility index (Phi) is 1.46. The van der Waals surface area contributed by atoms with E-state index in [1.165, 1.54) is 6.42 Å².